The Labute approximate surface area is 161 Å². The van der Waals surface area contributed by atoms with Gasteiger partial charge in [-0.2, -0.15) is 0 Å². The second-order valence-corrected chi connectivity index (χ2v) is 7.82. The van der Waals surface area contributed by atoms with Gasteiger partial charge in [-0.05, 0) is 51.4 Å². The second kappa shape index (κ2) is 7.74. The Hall–Kier alpha value is -2.69. The predicted octanol–water partition coefficient (Wildman–Crippen LogP) is -1.17. The van der Waals surface area contributed by atoms with Gasteiger partial charge in [0.25, 0.3) is 5.91 Å². The molecule has 9 N–H and O–H groups in total. The third-order valence-corrected chi connectivity index (χ3v) is 6.04. The molecule has 5 amide bonds. The number of aliphatic carboxylic acids is 1. The summed E-state index contributed by atoms with van der Waals surface area (Å²) in [6.07, 6.45) is 6.79. The molecule has 28 heavy (non-hydrogen) atoms. The summed E-state index contributed by atoms with van der Waals surface area (Å²) in [6, 6.07) is -0.343. The minimum Gasteiger partial charge on any atom is -0.480 e. The van der Waals surface area contributed by atoms with Crippen molar-refractivity contribution < 1.29 is 29.1 Å². The largest absolute Gasteiger partial charge is 0.480 e. The van der Waals surface area contributed by atoms with Gasteiger partial charge in [-0.3, -0.25) is 24.5 Å². The Morgan fingerprint density at radius 2 is 1.32 bits per heavy atom. The molecular weight excluding hydrogens is 370 g/mol. The third kappa shape index (κ3) is 3.93. The van der Waals surface area contributed by atoms with Crippen molar-refractivity contribution in [1.82, 2.24) is 10.6 Å². The van der Waals surface area contributed by atoms with Gasteiger partial charge in [0.15, 0.2) is 0 Å². The Kier molecular flexibility index (Phi) is 5.97. The molecule has 4 aliphatic rings. The van der Waals surface area contributed by atoms with Crippen molar-refractivity contribution >= 4 is 29.7 Å². The van der Waals surface area contributed by atoms with Crippen LogP contribution in [0.2, 0.25) is 0 Å². The Morgan fingerprint density at radius 3 is 1.39 bits per heavy atom. The lowest BCUT2D eigenvalue weighted by Crippen LogP contribution is -2.53. The lowest BCUT2D eigenvalue weighted by atomic mass is 9.68. The molecule has 3 saturated carbocycles. The maximum Gasteiger partial charge on any atom is 0.323 e. The smallest absolute Gasteiger partial charge is 0.323 e. The van der Waals surface area contributed by atoms with Crippen molar-refractivity contribution in [3.63, 3.8) is 0 Å². The number of primary amides is 2. The van der Waals surface area contributed by atoms with Crippen LogP contribution in [0.4, 0.5) is 4.79 Å². The number of nitrogens with two attached hydrogens (primary N) is 3. The molecule has 4 rings (SSSR count). The van der Waals surface area contributed by atoms with Crippen LogP contribution in [-0.4, -0.2) is 45.9 Å². The molecule has 0 unspecified atom stereocenters. The zero-order valence-corrected chi connectivity index (χ0v) is 15.6. The highest BCUT2D eigenvalue weighted by Crippen LogP contribution is 2.40. The SMILES string of the molecule is NC(=O)C1(C(N)=O)CCC1.NC1(C(=O)O)CCC1.O=C1NC(=O)C2(CCC2)N1. The topological polar surface area (TPSA) is 208 Å². The number of amides is 5. The van der Waals surface area contributed by atoms with Gasteiger partial charge in [-0.15, -0.1) is 0 Å². The van der Waals surface area contributed by atoms with E-state index >= 15 is 0 Å². The van der Waals surface area contributed by atoms with Crippen LogP contribution >= 0.6 is 0 Å². The summed E-state index contributed by atoms with van der Waals surface area (Å²) in [5.74, 6) is -2.16. The first-order valence-electron chi connectivity index (χ1n) is 9.23. The third-order valence-electron chi connectivity index (χ3n) is 6.04. The van der Waals surface area contributed by atoms with Gasteiger partial charge in [-0.1, -0.05) is 6.42 Å². The fourth-order valence-corrected chi connectivity index (χ4v) is 3.33. The van der Waals surface area contributed by atoms with Crippen LogP contribution < -0.4 is 27.8 Å². The highest BCUT2D eigenvalue weighted by atomic mass is 16.4. The lowest BCUT2D eigenvalue weighted by Gasteiger charge is -2.35. The normalized spacial score (nSPS) is 24.3. The minimum absolute atomic E-state index is 0.149. The summed E-state index contributed by atoms with van der Waals surface area (Å²) >= 11 is 0. The van der Waals surface area contributed by atoms with Crippen molar-refractivity contribution in [3.8, 4) is 0 Å². The van der Waals surface area contributed by atoms with Crippen LogP contribution in [-0.2, 0) is 19.2 Å². The number of hydrogen-bond acceptors (Lipinski definition) is 6. The summed E-state index contributed by atoms with van der Waals surface area (Å²) in [6.45, 7) is 0. The van der Waals surface area contributed by atoms with Crippen LogP contribution in [0.3, 0.4) is 0 Å². The molecule has 1 aliphatic heterocycles. The van der Waals surface area contributed by atoms with Crippen molar-refractivity contribution in [2.75, 3.05) is 0 Å². The highest BCUT2D eigenvalue weighted by molar-refractivity contribution is 6.07. The van der Waals surface area contributed by atoms with Gasteiger partial charge < -0.3 is 27.6 Å². The van der Waals surface area contributed by atoms with E-state index in [4.69, 9.17) is 22.3 Å². The molecule has 1 heterocycles. The fourth-order valence-electron chi connectivity index (χ4n) is 3.33. The molecule has 3 aliphatic carbocycles. The molecule has 4 fully saturated rings. The van der Waals surface area contributed by atoms with E-state index in [-0.39, 0.29) is 11.9 Å². The van der Waals surface area contributed by atoms with Crippen LogP contribution in [0.15, 0.2) is 0 Å². The molecule has 1 spiro atoms. The number of carboxylic acid groups (broad SMARTS) is 1. The Bertz CT molecular complexity index is 678. The second-order valence-electron chi connectivity index (χ2n) is 7.82. The Morgan fingerprint density at radius 1 is 0.857 bits per heavy atom. The summed E-state index contributed by atoms with van der Waals surface area (Å²) in [7, 11) is 0. The highest BCUT2D eigenvalue weighted by Gasteiger charge is 2.50. The molecule has 11 nitrogen and oxygen atoms in total. The number of carbonyl (C=O) groups is 5. The monoisotopic (exact) mass is 397 g/mol. The number of hydrogen-bond donors (Lipinski definition) is 6. The molecule has 0 aromatic heterocycles. The summed E-state index contributed by atoms with van der Waals surface area (Å²) in [5.41, 5.74) is 13.0. The van der Waals surface area contributed by atoms with Crippen molar-refractivity contribution in [1.29, 1.82) is 0 Å². The van der Waals surface area contributed by atoms with Gasteiger partial charge in [0.1, 0.15) is 16.5 Å². The quantitative estimate of drug-likeness (QED) is 0.253. The summed E-state index contributed by atoms with van der Waals surface area (Å²) in [5, 5.41) is 13.2. The van der Waals surface area contributed by atoms with E-state index in [1.165, 1.54) is 0 Å². The molecule has 11 heteroatoms. The van der Waals surface area contributed by atoms with Gasteiger partial charge in [0, 0.05) is 0 Å². The summed E-state index contributed by atoms with van der Waals surface area (Å²) < 4.78 is 0. The number of urea groups is 1. The zero-order valence-electron chi connectivity index (χ0n) is 15.6. The van der Waals surface area contributed by atoms with E-state index in [0.29, 0.717) is 25.7 Å². The molecule has 1 saturated heterocycles. The molecule has 0 aromatic rings. The van der Waals surface area contributed by atoms with E-state index < -0.39 is 34.3 Å². The number of carboxylic acids is 1. The van der Waals surface area contributed by atoms with Crippen molar-refractivity contribution in [2.45, 2.75) is 68.9 Å². The van der Waals surface area contributed by atoms with Crippen LogP contribution in [0.1, 0.15) is 57.8 Å². The maximum atomic E-state index is 11.0. The minimum atomic E-state index is -1.00. The number of rotatable bonds is 3. The van der Waals surface area contributed by atoms with E-state index in [9.17, 15) is 24.0 Å². The van der Waals surface area contributed by atoms with Crippen molar-refractivity contribution in [2.24, 2.45) is 22.6 Å². The maximum absolute atomic E-state index is 11.0. The molecule has 0 aromatic carbocycles. The van der Waals surface area contributed by atoms with E-state index in [0.717, 1.165) is 32.1 Å². The van der Waals surface area contributed by atoms with Gasteiger partial charge in [0.05, 0.1) is 0 Å². The van der Waals surface area contributed by atoms with Crippen LogP contribution in [0.5, 0.6) is 0 Å². The number of nitrogens with one attached hydrogen (secondary N) is 2. The molecular formula is C17H27N5O6. The number of carbonyl (C=O) groups excluding carboxylic acids is 4. The van der Waals surface area contributed by atoms with Gasteiger partial charge in [-0.25, -0.2) is 4.79 Å². The first-order chi connectivity index (χ1) is 13.0. The van der Waals surface area contributed by atoms with Crippen LogP contribution in [0.25, 0.3) is 0 Å². The zero-order chi connectivity index (χ0) is 21.2. The van der Waals surface area contributed by atoms with E-state index in [1.807, 2.05) is 0 Å². The number of imide groups is 1. The molecule has 0 radical (unpaired) electrons. The van der Waals surface area contributed by atoms with E-state index in [1.54, 1.807) is 0 Å². The standard InChI is InChI=1S/C6H8N2O2.C6H10N2O2.C5H9NO2/c9-4-6(2-1-3-6)8-5(10)7-4;7-4(9)6(5(8)10)2-1-3-6;6-5(4(7)8)2-1-3-5/h1-3H2,(H2,7,8,9,10);1-3H2,(H2,7,9)(H2,8,10);1-3,6H2,(H,7,8). The Balaban J connectivity index is 0.000000151. The average molecular weight is 397 g/mol. The molecule has 0 bridgehead atoms. The first kappa shape index (κ1) is 21.6. The van der Waals surface area contributed by atoms with Crippen molar-refractivity contribution in [3.05, 3.63) is 0 Å². The van der Waals surface area contributed by atoms with E-state index in [2.05, 4.69) is 10.6 Å². The molecule has 0 atom stereocenters. The fraction of sp³-hybridized carbons (Fsp3) is 0.706. The van der Waals surface area contributed by atoms with Gasteiger partial charge in [0.2, 0.25) is 11.8 Å². The predicted molar refractivity (Wildman–Crippen MR) is 96.3 cm³/mol. The molecule has 156 valence electrons. The average Bonchev–Trinajstić information content (AvgIpc) is 2.78. The lowest BCUT2D eigenvalue weighted by molar-refractivity contribution is -0.147. The van der Waals surface area contributed by atoms with Crippen LogP contribution in [0, 0.1) is 5.41 Å². The summed E-state index contributed by atoms with van der Waals surface area (Å²) in [4.78, 5) is 53.1. The van der Waals surface area contributed by atoms with Gasteiger partial charge >= 0.3 is 12.0 Å². The first-order valence-corrected chi connectivity index (χ1v) is 9.23.